The fourth-order valence-corrected chi connectivity index (χ4v) is 2.79. The van der Waals surface area contributed by atoms with E-state index in [-0.39, 0.29) is 11.5 Å². The number of anilines is 1. The van der Waals surface area contributed by atoms with Gasteiger partial charge in [-0.3, -0.25) is 9.59 Å². The standard InChI is InChI=1S/C19H20FN3O2/c1-22-10-12-23(13-11-22)19(25)15-7-3-5-9-17(15)21-18(24)14-6-2-4-8-16(14)20/h2-9H,10-13H2,1H3,(H,21,24). The molecule has 1 aliphatic heterocycles. The summed E-state index contributed by atoms with van der Waals surface area (Å²) in [4.78, 5) is 29.1. The Balaban J connectivity index is 1.80. The number of piperazine rings is 1. The van der Waals surface area contributed by atoms with Crippen molar-refractivity contribution in [1.82, 2.24) is 9.80 Å². The molecular formula is C19H20FN3O2. The van der Waals surface area contributed by atoms with Gasteiger partial charge in [0.2, 0.25) is 0 Å². The van der Waals surface area contributed by atoms with Gasteiger partial charge in [-0.25, -0.2) is 4.39 Å². The number of likely N-dealkylation sites (N-methyl/N-ethyl adjacent to an activating group) is 1. The maximum absolute atomic E-state index is 13.8. The van der Waals surface area contributed by atoms with Gasteiger partial charge in [-0.1, -0.05) is 24.3 Å². The molecule has 2 amide bonds. The summed E-state index contributed by atoms with van der Waals surface area (Å²) in [7, 11) is 2.02. The Morgan fingerprint density at radius 2 is 1.52 bits per heavy atom. The fourth-order valence-electron chi connectivity index (χ4n) is 2.79. The van der Waals surface area contributed by atoms with Crippen molar-refractivity contribution in [2.45, 2.75) is 0 Å². The van der Waals surface area contributed by atoms with Gasteiger partial charge >= 0.3 is 0 Å². The summed E-state index contributed by atoms with van der Waals surface area (Å²) in [6.07, 6.45) is 0. The quantitative estimate of drug-likeness (QED) is 0.933. The van der Waals surface area contributed by atoms with Crippen molar-refractivity contribution >= 4 is 17.5 Å². The molecule has 2 aromatic rings. The summed E-state index contributed by atoms with van der Waals surface area (Å²) in [5, 5.41) is 2.66. The third-order valence-electron chi connectivity index (χ3n) is 4.31. The Morgan fingerprint density at radius 1 is 0.920 bits per heavy atom. The predicted molar refractivity (Wildman–Crippen MR) is 94.2 cm³/mol. The minimum atomic E-state index is -0.595. The Labute approximate surface area is 146 Å². The molecular weight excluding hydrogens is 321 g/mol. The highest BCUT2D eigenvalue weighted by Crippen LogP contribution is 2.20. The topological polar surface area (TPSA) is 52.6 Å². The van der Waals surface area contributed by atoms with Crippen LogP contribution in [0.5, 0.6) is 0 Å². The number of hydrogen-bond donors (Lipinski definition) is 1. The predicted octanol–water partition coefficient (Wildman–Crippen LogP) is 2.47. The summed E-state index contributed by atoms with van der Waals surface area (Å²) in [5.41, 5.74) is 0.751. The van der Waals surface area contributed by atoms with Crippen molar-refractivity contribution in [3.05, 3.63) is 65.5 Å². The number of halogens is 1. The van der Waals surface area contributed by atoms with E-state index >= 15 is 0 Å². The largest absolute Gasteiger partial charge is 0.336 e. The molecule has 0 bridgehead atoms. The molecule has 1 fully saturated rings. The third kappa shape index (κ3) is 3.85. The van der Waals surface area contributed by atoms with Crippen LogP contribution in [0.1, 0.15) is 20.7 Å². The van der Waals surface area contributed by atoms with Gasteiger partial charge in [-0.2, -0.15) is 0 Å². The molecule has 6 heteroatoms. The number of amides is 2. The van der Waals surface area contributed by atoms with Gasteiger partial charge in [0.25, 0.3) is 11.8 Å². The number of nitrogens with zero attached hydrogens (tertiary/aromatic N) is 2. The van der Waals surface area contributed by atoms with E-state index in [9.17, 15) is 14.0 Å². The van der Waals surface area contributed by atoms with Crippen molar-refractivity contribution in [2.24, 2.45) is 0 Å². The van der Waals surface area contributed by atoms with E-state index in [1.807, 2.05) is 7.05 Å². The average Bonchev–Trinajstić information content (AvgIpc) is 2.62. The van der Waals surface area contributed by atoms with Crippen LogP contribution in [0.3, 0.4) is 0 Å². The Hall–Kier alpha value is -2.73. The molecule has 0 unspecified atom stereocenters. The van der Waals surface area contributed by atoms with Gasteiger partial charge in [0.05, 0.1) is 16.8 Å². The molecule has 2 aromatic carbocycles. The molecule has 1 aliphatic rings. The molecule has 1 heterocycles. The average molecular weight is 341 g/mol. The Morgan fingerprint density at radius 3 is 2.20 bits per heavy atom. The Bertz CT molecular complexity index is 786. The summed E-state index contributed by atoms with van der Waals surface area (Å²) in [6, 6.07) is 12.6. The van der Waals surface area contributed by atoms with Gasteiger partial charge in [0.1, 0.15) is 5.82 Å². The molecule has 0 aliphatic carbocycles. The van der Waals surface area contributed by atoms with Gasteiger partial charge < -0.3 is 15.1 Å². The van der Waals surface area contributed by atoms with Crippen LogP contribution in [-0.4, -0.2) is 54.8 Å². The molecule has 3 rings (SSSR count). The molecule has 130 valence electrons. The van der Waals surface area contributed by atoms with E-state index in [4.69, 9.17) is 0 Å². The van der Waals surface area contributed by atoms with E-state index in [2.05, 4.69) is 10.2 Å². The molecule has 1 saturated heterocycles. The van der Waals surface area contributed by atoms with Crippen molar-refractivity contribution in [3.63, 3.8) is 0 Å². The number of nitrogens with one attached hydrogen (secondary N) is 1. The van der Waals surface area contributed by atoms with Crippen LogP contribution in [0.2, 0.25) is 0 Å². The van der Waals surface area contributed by atoms with Crippen LogP contribution in [0.15, 0.2) is 48.5 Å². The minimum Gasteiger partial charge on any atom is -0.336 e. The normalized spacial score (nSPS) is 15.0. The summed E-state index contributed by atoms with van der Waals surface area (Å²) in [5.74, 6) is -1.29. The second-order valence-corrected chi connectivity index (χ2v) is 6.08. The van der Waals surface area contributed by atoms with Crippen molar-refractivity contribution < 1.29 is 14.0 Å². The molecule has 5 nitrogen and oxygen atoms in total. The molecule has 1 N–H and O–H groups in total. The number of hydrogen-bond acceptors (Lipinski definition) is 3. The van der Waals surface area contributed by atoms with E-state index in [0.29, 0.717) is 24.3 Å². The lowest BCUT2D eigenvalue weighted by molar-refractivity contribution is 0.0665. The SMILES string of the molecule is CN1CCN(C(=O)c2ccccc2NC(=O)c2ccccc2F)CC1. The van der Waals surface area contributed by atoms with Crippen LogP contribution >= 0.6 is 0 Å². The van der Waals surface area contributed by atoms with Gasteiger partial charge in [-0.15, -0.1) is 0 Å². The first-order valence-corrected chi connectivity index (χ1v) is 8.19. The second-order valence-electron chi connectivity index (χ2n) is 6.08. The smallest absolute Gasteiger partial charge is 0.258 e. The van der Waals surface area contributed by atoms with Crippen LogP contribution in [0.4, 0.5) is 10.1 Å². The Kier molecular flexibility index (Phi) is 5.09. The zero-order valence-electron chi connectivity index (χ0n) is 14.0. The molecule has 0 atom stereocenters. The lowest BCUT2D eigenvalue weighted by Crippen LogP contribution is -2.47. The number of carbonyl (C=O) groups is 2. The van der Waals surface area contributed by atoms with Crippen molar-refractivity contribution in [2.75, 3.05) is 38.5 Å². The van der Waals surface area contributed by atoms with E-state index in [1.165, 1.54) is 18.2 Å². The van der Waals surface area contributed by atoms with Crippen LogP contribution in [0, 0.1) is 5.82 Å². The fraction of sp³-hybridized carbons (Fsp3) is 0.263. The van der Waals surface area contributed by atoms with Crippen molar-refractivity contribution in [3.8, 4) is 0 Å². The maximum Gasteiger partial charge on any atom is 0.258 e. The number of para-hydroxylation sites is 1. The molecule has 0 aromatic heterocycles. The third-order valence-corrected chi connectivity index (χ3v) is 4.31. The van der Waals surface area contributed by atoms with Gasteiger partial charge in [0.15, 0.2) is 0 Å². The zero-order chi connectivity index (χ0) is 17.8. The van der Waals surface area contributed by atoms with Crippen LogP contribution in [0.25, 0.3) is 0 Å². The van der Waals surface area contributed by atoms with E-state index < -0.39 is 11.7 Å². The highest BCUT2D eigenvalue weighted by molar-refractivity contribution is 6.09. The lowest BCUT2D eigenvalue weighted by atomic mass is 10.1. The maximum atomic E-state index is 13.8. The van der Waals surface area contributed by atoms with Gasteiger partial charge in [0, 0.05) is 26.2 Å². The second kappa shape index (κ2) is 7.44. The highest BCUT2D eigenvalue weighted by atomic mass is 19.1. The lowest BCUT2D eigenvalue weighted by Gasteiger charge is -2.32. The van der Waals surface area contributed by atoms with Crippen LogP contribution in [-0.2, 0) is 0 Å². The summed E-state index contributed by atoms with van der Waals surface area (Å²) >= 11 is 0. The monoisotopic (exact) mass is 341 g/mol. The van der Waals surface area contributed by atoms with E-state index in [1.54, 1.807) is 35.2 Å². The minimum absolute atomic E-state index is 0.0515. The molecule has 0 saturated carbocycles. The van der Waals surface area contributed by atoms with Crippen molar-refractivity contribution in [1.29, 1.82) is 0 Å². The number of carbonyl (C=O) groups excluding carboxylic acids is 2. The molecule has 0 radical (unpaired) electrons. The number of benzene rings is 2. The van der Waals surface area contributed by atoms with E-state index in [0.717, 1.165) is 13.1 Å². The molecule has 25 heavy (non-hydrogen) atoms. The van der Waals surface area contributed by atoms with Gasteiger partial charge in [-0.05, 0) is 31.3 Å². The highest BCUT2D eigenvalue weighted by Gasteiger charge is 2.23. The zero-order valence-corrected chi connectivity index (χ0v) is 14.0. The summed E-state index contributed by atoms with van der Waals surface area (Å²) in [6.45, 7) is 2.92. The first kappa shape index (κ1) is 17.1. The first-order chi connectivity index (χ1) is 12.1. The number of rotatable bonds is 3. The molecule has 0 spiro atoms. The summed E-state index contributed by atoms with van der Waals surface area (Å²) < 4.78 is 13.8. The first-order valence-electron chi connectivity index (χ1n) is 8.19. The van der Waals surface area contributed by atoms with Crippen LogP contribution < -0.4 is 5.32 Å².